The van der Waals surface area contributed by atoms with E-state index >= 15 is 0 Å². The van der Waals surface area contributed by atoms with Gasteiger partial charge in [-0.2, -0.15) is 0 Å². The van der Waals surface area contributed by atoms with E-state index in [2.05, 4.69) is 0 Å². The molecule has 1 aromatic rings. The van der Waals surface area contributed by atoms with Crippen molar-refractivity contribution in [2.45, 2.75) is 25.4 Å². The minimum Gasteiger partial charge on any atom is -0.497 e. The molecule has 1 fully saturated rings. The van der Waals surface area contributed by atoms with Crippen LogP contribution >= 0.6 is 0 Å². The minimum absolute atomic E-state index is 0.0833. The molecule has 1 saturated carbocycles. The molecule has 4 heteroatoms. The first-order chi connectivity index (χ1) is 7.69. The summed E-state index contributed by atoms with van der Waals surface area (Å²) in [5.74, 6) is 0.246. The number of benzene rings is 1. The van der Waals surface area contributed by atoms with Crippen molar-refractivity contribution in [2.24, 2.45) is 0 Å². The van der Waals surface area contributed by atoms with Gasteiger partial charge in [-0.05, 0) is 31.4 Å². The van der Waals surface area contributed by atoms with Gasteiger partial charge in [0.15, 0.2) is 0 Å². The monoisotopic (exact) mass is 221 g/mol. The first-order valence-corrected chi connectivity index (χ1v) is 5.34. The number of esters is 1. The Balaban J connectivity index is 2.11. The SMILES string of the molecule is COc1cc(N)cc(C(=O)OC2CCC2)c1. The molecule has 1 aliphatic carbocycles. The number of ether oxygens (including phenoxy) is 2. The van der Waals surface area contributed by atoms with E-state index < -0.39 is 0 Å². The lowest BCUT2D eigenvalue weighted by atomic mass is 9.96. The molecule has 16 heavy (non-hydrogen) atoms. The molecule has 0 saturated heterocycles. The number of carbonyl (C=O) groups is 1. The third-order valence-electron chi connectivity index (χ3n) is 2.73. The van der Waals surface area contributed by atoms with Gasteiger partial charge in [0.2, 0.25) is 0 Å². The van der Waals surface area contributed by atoms with Crippen LogP contribution in [0.4, 0.5) is 5.69 Å². The first kappa shape index (κ1) is 10.8. The molecule has 0 heterocycles. The third-order valence-corrected chi connectivity index (χ3v) is 2.73. The Hall–Kier alpha value is -1.71. The lowest BCUT2D eigenvalue weighted by Crippen LogP contribution is -2.25. The van der Waals surface area contributed by atoms with Crippen molar-refractivity contribution >= 4 is 11.7 Å². The van der Waals surface area contributed by atoms with Gasteiger partial charge >= 0.3 is 5.97 Å². The maximum atomic E-state index is 11.7. The fourth-order valence-corrected chi connectivity index (χ4v) is 1.57. The van der Waals surface area contributed by atoms with Crippen LogP contribution in [-0.4, -0.2) is 19.2 Å². The van der Waals surface area contributed by atoms with Gasteiger partial charge in [0.1, 0.15) is 11.9 Å². The Morgan fingerprint density at radius 2 is 2.12 bits per heavy atom. The van der Waals surface area contributed by atoms with Crippen LogP contribution in [0.2, 0.25) is 0 Å². The maximum Gasteiger partial charge on any atom is 0.338 e. The fourth-order valence-electron chi connectivity index (χ4n) is 1.57. The highest BCUT2D eigenvalue weighted by Crippen LogP contribution is 2.25. The molecule has 0 atom stereocenters. The lowest BCUT2D eigenvalue weighted by Gasteiger charge is -2.25. The van der Waals surface area contributed by atoms with Gasteiger partial charge in [-0.1, -0.05) is 0 Å². The molecule has 0 aromatic heterocycles. The third kappa shape index (κ3) is 2.27. The van der Waals surface area contributed by atoms with Crippen LogP contribution in [0.25, 0.3) is 0 Å². The van der Waals surface area contributed by atoms with Crippen LogP contribution in [0.5, 0.6) is 5.75 Å². The Morgan fingerprint density at radius 3 is 2.69 bits per heavy atom. The van der Waals surface area contributed by atoms with Crippen molar-refractivity contribution in [3.05, 3.63) is 23.8 Å². The van der Waals surface area contributed by atoms with Crippen molar-refractivity contribution < 1.29 is 14.3 Å². The normalized spacial score (nSPS) is 15.3. The highest BCUT2D eigenvalue weighted by molar-refractivity contribution is 5.91. The molecule has 86 valence electrons. The molecular formula is C12H15NO3. The van der Waals surface area contributed by atoms with Crippen LogP contribution in [0, 0.1) is 0 Å². The number of anilines is 1. The van der Waals surface area contributed by atoms with Gasteiger partial charge in [-0.25, -0.2) is 4.79 Å². The summed E-state index contributed by atoms with van der Waals surface area (Å²) in [5, 5.41) is 0. The number of nitrogen functional groups attached to an aromatic ring is 1. The highest BCUT2D eigenvalue weighted by atomic mass is 16.5. The van der Waals surface area contributed by atoms with E-state index in [1.807, 2.05) is 0 Å². The van der Waals surface area contributed by atoms with Crippen LogP contribution in [0.3, 0.4) is 0 Å². The fraction of sp³-hybridized carbons (Fsp3) is 0.417. The van der Waals surface area contributed by atoms with Gasteiger partial charge in [-0.15, -0.1) is 0 Å². The average molecular weight is 221 g/mol. The zero-order valence-corrected chi connectivity index (χ0v) is 9.23. The molecule has 1 aromatic carbocycles. The quantitative estimate of drug-likeness (QED) is 0.626. The Kier molecular flexibility index (Phi) is 2.99. The summed E-state index contributed by atoms with van der Waals surface area (Å²) in [6.45, 7) is 0. The van der Waals surface area contributed by atoms with Crippen molar-refractivity contribution in [3.8, 4) is 5.75 Å². The molecule has 0 aliphatic heterocycles. The van der Waals surface area contributed by atoms with E-state index in [1.54, 1.807) is 18.2 Å². The van der Waals surface area contributed by atoms with E-state index in [4.69, 9.17) is 15.2 Å². The summed E-state index contributed by atoms with van der Waals surface area (Å²) in [6, 6.07) is 4.90. The zero-order valence-electron chi connectivity index (χ0n) is 9.23. The maximum absolute atomic E-state index is 11.7. The number of hydrogen-bond donors (Lipinski definition) is 1. The molecular weight excluding hydrogens is 206 g/mol. The van der Waals surface area contributed by atoms with Crippen LogP contribution in [0.1, 0.15) is 29.6 Å². The summed E-state index contributed by atoms with van der Waals surface area (Å²) in [5.41, 5.74) is 6.61. The van der Waals surface area contributed by atoms with E-state index in [-0.39, 0.29) is 12.1 Å². The van der Waals surface area contributed by atoms with Crippen molar-refractivity contribution in [1.82, 2.24) is 0 Å². The second-order valence-corrected chi connectivity index (χ2v) is 3.95. The standard InChI is InChI=1S/C12H15NO3/c1-15-11-6-8(5-9(13)7-11)12(14)16-10-3-2-4-10/h5-7,10H,2-4,13H2,1H3. The van der Waals surface area contributed by atoms with Gasteiger partial charge in [0, 0.05) is 11.8 Å². The lowest BCUT2D eigenvalue weighted by molar-refractivity contribution is 0.00898. The van der Waals surface area contributed by atoms with Crippen molar-refractivity contribution in [3.63, 3.8) is 0 Å². The minimum atomic E-state index is -0.324. The second kappa shape index (κ2) is 4.43. The first-order valence-electron chi connectivity index (χ1n) is 5.34. The molecule has 2 N–H and O–H groups in total. The molecule has 0 radical (unpaired) electrons. The zero-order chi connectivity index (χ0) is 11.5. The van der Waals surface area contributed by atoms with E-state index in [0.29, 0.717) is 17.0 Å². The smallest absolute Gasteiger partial charge is 0.338 e. The number of hydrogen-bond acceptors (Lipinski definition) is 4. The largest absolute Gasteiger partial charge is 0.497 e. The van der Waals surface area contributed by atoms with Gasteiger partial charge in [-0.3, -0.25) is 0 Å². The molecule has 0 spiro atoms. The predicted molar refractivity (Wildman–Crippen MR) is 60.5 cm³/mol. The van der Waals surface area contributed by atoms with Gasteiger partial charge in [0.25, 0.3) is 0 Å². The molecule has 2 rings (SSSR count). The van der Waals surface area contributed by atoms with Crippen molar-refractivity contribution in [1.29, 1.82) is 0 Å². The Bertz CT molecular complexity index is 399. The number of carbonyl (C=O) groups excluding carboxylic acids is 1. The molecule has 0 amide bonds. The highest BCUT2D eigenvalue weighted by Gasteiger charge is 2.22. The summed E-state index contributed by atoms with van der Waals surface area (Å²) in [6.07, 6.45) is 3.15. The van der Waals surface area contributed by atoms with Gasteiger partial charge < -0.3 is 15.2 Å². The molecule has 4 nitrogen and oxygen atoms in total. The predicted octanol–water partition coefficient (Wildman–Crippen LogP) is 1.99. The second-order valence-electron chi connectivity index (χ2n) is 3.95. The number of rotatable bonds is 3. The average Bonchev–Trinajstić information content (AvgIpc) is 2.22. The summed E-state index contributed by atoms with van der Waals surface area (Å²) in [4.78, 5) is 11.7. The number of nitrogens with two attached hydrogens (primary N) is 1. The summed E-state index contributed by atoms with van der Waals surface area (Å²) in [7, 11) is 1.54. The molecule has 0 unspecified atom stereocenters. The van der Waals surface area contributed by atoms with E-state index in [0.717, 1.165) is 19.3 Å². The Morgan fingerprint density at radius 1 is 1.38 bits per heavy atom. The van der Waals surface area contributed by atoms with Crippen LogP contribution in [-0.2, 0) is 4.74 Å². The number of methoxy groups -OCH3 is 1. The molecule has 0 bridgehead atoms. The van der Waals surface area contributed by atoms with E-state index in [1.165, 1.54) is 7.11 Å². The summed E-state index contributed by atoms with van der Waals surface area (Å²) >= 11 is 0. The Labute approximate surface area is 94.3 Å². The van der Waals surface area contributed by atoms with Crippen LogP contribution < -0.4 is 10.5 Å². The van der Waals surface area contributed by atoms with Crippen LogP contribution in [0.15, 0.2) is 18.2 Å². The van der Waals surface area contributed by atoms with Gasteiger partial charge in [0.05, 0.1) is 12.7 Å². The van der Waals surface area contributed by atoms with Crippen molar-refractivity contribution in [2.75, 3.05) is 12.8 Å². The topological polar surface area (TPSA) is 61.5 Å². The van der Waals surface area contributed by atoms with E-state index in [9.17, 15) is 4.79 Å². The summed E-state index contributed by atoms with van der Waals surface area (Å²) < 4.78 is 10.3. The molecule has 1 aliphatic rings.